The van der Waals surface area contributed by atoms with Crippen molar-refractivity contribution in [1.29, 1.82) is 0 Å². The fourth-order valence-electron chi connectivity index (χ4n) is 3.89. The van der Waals surface area contributed by atoms with Crippen molar-refractivity contribution in [1.82, 2.24) is 4.90 Å². The van der Waals surface area contributed by atoms with Crippen LogP contribution in [0.1, 0.15) is 31.2 Å². The van der Waals surface area contributed by atoms with Crippen molar-refractivity contribution in [2.45, 2.75) is 31.1 Å². The minimum absolute atomic E-state index is 0.522. The van der Waals surface area contributed by atoms with E-state index in [9.17, 15) is 0 Å². The SMILES string of the molecule is CN1CCC2(c3ccccc3)CCCC2C1. The molecule has 2 unspecified atom stereocenters. The molecule has 1 nitrogen and oxygen atoms in total. The van der Waals surface area contributed by atoms with Gasteiger partial charge in [0, 0.05) is 12.0 Å². The first-order valence-electron chi connectivity index (χ1n) is 6.55. The lowest BCUT2D eigenvalue weighted by molar-refractivity contribution is 0.134. The molecular weight excluding hydrogens is 194 g/mol. The second kappa shape index (κ2) is 3.89. The minimum atomic E-state index is 0.522. The highest BCUT2D eigenvalue weighted by Crippen LogP contribution is 2.50. The van der Waals surface area contributed by atoms with E-state index < -0.39 is 0 Å². The Hall–Kier alpha value is -0.820. The highest BCUT2D eigenvalue weighted by atomic mass is 15.1. The van der Waals surface area contributed by atoms with Gasteiger partial charge in [-0.05, 0) is 44.3 Å². The third-order valence-corrected chi connectivity index (χ3v) is 4.78. The standard InChI is InChI=1S/C15H21N/c1-16-11-10-15(9-5-8-14(15)12-16)13-6-3-2-4-7-13/h2-4,6-7,14H,5,8-12H2,1H3. The topological polar surface area (TPSA) is 3.24 Å². The van der Waals surface area contributed by atoms with E-state index >= 15 is 0 Å². The molecule has 1 aromatic carbocycles. The lowest BCUT2D eigenvalue weighted by atomic mass is 9.68. The Kier molecular flexibility index (Phi) is 2.51. The van der Waals surface area contributed by atoms with Crippen molar-refractivity contribution in [3.05, 3.63) is 35.9 Å². The quantitative estimate of drug-likeness (QED) is 0.696. The Morgan fingerprint density at radius 3 is 2.81 bits per heavy atom. The van der Waals surface area contributed by atoms with E-state index in [1.165, 1.54) is 38.8 Å². The third-order valence-electron chi connectivity index (χ3n) is 4.78. The lowest BCUT2D eigenvalue weighted by Crippen LogP contribution is -2.45. The van der Waals surface area contributed by atoms with Crippen LogP contribution >= 0.6 is 0 Å². The minimum Gasteiger partial charge on any atom is -0.306 e. The number of nitrogens with zero attached hydrogens (tertiary/aromatic N) is 1. The molecule has 86 valence electrons. The maximum atomic E-state index is 2.51. The van der Waals surface area contributed by atoms with E-state index in [2.05, 4.69) is 42.3 Å². The Morgan fingerprint density at radius 2 is 2.00 bits per heavy atom. The summed E-state index contributed by atoms with van der Waals surface area (Å²) in [6.45, 7) is 2.57. The Balaban J connectivity index is 1.96. The lowest BCUT2D eigenvalue weighted by Gasteiger charge is -2.43. The number of piperidine rings is 1. The Bertz CT molecular complexity index is 359. The molecule has 1 saturated carbocycles. The zero-order valence-electron chi connectivity index (χ0n) is 10.2. The molecule has 2 atom stereocenters. The number of likely N-dealkylation sites (tertiary alicyclic amines) is 1. The molecule has 1 heterocycles. The summed E-state index contributed by atoms with van der Waals surface area (Å²) >= 11 is 0. The molecule has 0 amide bonds. The summed E-state index contributed by atoms with van der Waals surface area (Å²) in [4.78, 5) is 2.51. The normalized spacial score (nSPS) is 34.9. The van der Waals surface area contributed by atoms with Crippen LogP contribution in [-0.2, 0) is 5.41 Å². The van der Waals surface area contributed by atoms with Gasteiger partial charge in [-0.2, -0.15) is 0 Å². The number of hydrogen-bond acceptors (Lipinski definition) is 1. The molecule has 2 aliphatic rings. The fourth-order valence-corrected chi connectivity index (χ4v) is 3.89. The van der Waals surface area contributed by atoms with E-state index in [-0.39, 0.29) is 0 Å². The van der Waals surface area contributed by atoms with Gasteiger partial charge in [-0.25, -0.2) is 0 Å². The fraction of sp³-hybridized carbons (Fsp3) is 0.600. The zero-order valence-corrected chi connectivity index (χ0v) is 10.2. The van der Waals surface area contributed by atoms with Crippen LogP contribution in [0.15, 0.2) is 30.3 Å². The molecule has 1 saturated heterocycles. The predicted octanol–water partition coefficient (Wildman–Crippen LogP) is 3.06. The van der Waals surface area contributed by atoms with Gasteiger partial charge in [-0.3, -0.25) is 0 Å². The van der Waals surface area contributed by atoms with E-state index in [1.54, 1.807) is 5.56 Å². The molecule has 0 bridgehead atoms. The molecule has 1 aliphatic heterocycles. The van der Waals surface area contributed by atoms with Gasteiger partial charge < -0.3 is 4.90 Å². The maximum Gasteiger partial charge on any atom is 0.00151 e. The van der Waals surface area contributed by atoms with Crippen LogP contribution in [0.5, 0.6) is 0 Å². The average molecular weight is 215 g/mol. The van der Waals surface area contributed by atoms with Crippen molar-refractivity contribution < 1.29 is 0 Å². The van der Waals surface area contributed by atoms with Gasteiger partial charge in [0.2, 0.25) is 0 Å². The van der Waals surface area contributed by atoms with Gasteiger partial charge in [-0.1, -0.05) is 36.8 Å². The molecule has 0 N–H and O–H groups in total. The molecule has 16 heavy (non-hydrogen) atoms. The van der Waals surface area contributed by atoms with Gasteiger partial charge in [0.1, 0.15) is 0 Å². The number of benzene rings is 1. The van der Waals surface area contributed by atoms with Crippen LogP contribution in [-0.4, -0.2) is 25.0 Å². The number of fused-ring (bicyclic) bond motifs is 1. The largest absolute Gasteiger partial charge is 0.306 e. The molecule has 1 aliphatic carbocycles. The van der Waals surface area contributed by atoms with Gasteiger partial charge in [0.15, 0.2) is 0 Å². The van der Waals surface area contributed by atoms with Gasteiger partial charge in [0.25, 0.3) is 0 Å². The molecule has 3 rings (SSSR count). The summed E-state index contributed by atoms with van der Waals surface area (Å²) < 4.78 is 0. The number of rotatable bonds is 1. The van der Waals surface area contributed by atoms with Crippen molar-refractivity contribution in [3.63, 3.8) is 0 Å². The van der Waals surface area contributed by atoms with Crippen molar-refractivity contribution in [3.8, 4) is 0 Å². The van der Waals surface area contributed by atoms with Crippen LogP contribution in [0.4, 0.5) is 0 Å². The second-order valence-corrected chi connectivity index (χ2v) is 5.62. The average Bonchev–Trinajstić information content (AvgIpc) is 2.74. The summed E-state index contributed by atoms with van der Waals surface area (Å²) in [5.41, 5.74) is 2.12. The van der Waals surface area contributed by atoms with Crippen LogP contribution in [0, 0.1) is 5.92 Å². The monoisotopic (exact) mass is 215 g/mol. The second-order valence-electron chi connectivity index (χ2n) is 5.62. The summed E-state index contributed by atoms with van der Waals surface area (Å²) in [7, 11) is 2.27. The summed E-state index contributed by atoms with van der Waals surface area (Å²) in [5, 5.41) is 0. The summed E-state index contributed by atoms with van der Waals surface area (Å²) in [5.74, 6) is 0.897. The first kappa shape index (κ1) is 10.3. The van der Waals surface area contributed by atoms with Crippen molar-refractivity contribution in [2.24, 2.45) is 5.92 Å². The zero-order chi connectivity index (χ0) is 11.0. The van der Waals surface area contributed by atoms with E-state index in [0.29, 0.717) is 5.41 Å². The Labute approximate surface area is 98.5 Å². The maximum absolute atomic E-state index is 2.51. The molecule has 1 heteroatoms. The Morgan fingerprint density at radius 1 is 1.19 bits per heavy atom. The molecular formula is C15H21N. The highest BCUT2D eigenvalue weighted by molar-refractivity contribution is 5.29. The summed E-state index contributed by atoms with van der Waals surface area (Å²) in [6.07, 6.45) is 5.63. The number of hydrogen-bond donors (Lipinski definition) is 0. The van der Waals surface area contributed by atoms with Crippen LogP contribution in [0.2, 0.25) is 0 Å². The van der Waals surface area contributed by atoms with E-state index in [4.69, 9.17) is 0 Å². The van der Waals surface area contributed by atoms with Gasteiger partial charge >= 0.3 is 0 Å². The molecule has 2 fully saturated rings. The molecule has 0 radical (unpaired) electrons. The summed E-state index contributed by atoms with van der Waals surface area (Å²) in [6, 6.07) is 11.3. The smallest absolute Gasteiger partial charge is 0.00151 e. The van der Waals surface area contributed by atoms with Crippen LogP contribution in [0.25, 0.3) is 0 Å². The van der Waals surface area contributed by atoms with Crippen molar-refractivity contribution >= 4 is 0 Å². The third kappa shape index (κ3) is 1.49. The van der Waals surface area contributed by atoms with Crippen LogP contribution in [0.3, 0.4) is 0 Å². The molecule has 0 aromatic heterocycles. The van der Waals surface area contributed by atoms with Gasteiger partial charge in [0.05, 0.1) is 0 Å². The van der Waals surface area contributed by atoms with Crippen LogP contribution < -0.4 is 0 Å². The predicted molar refractivity (Wildman–Crippen MR) is 67.6 cm³/mol. The van der Waals surface area contributed by atoms with E-state index in [0.717, 1.165) is 5.92 Å². The highest BCUT2D eigenvalue weighted by Gasteiger charge is 2.46. The van der Waals surface area contributed by atoms with Gasteiger partial charge in [-0.15, -0.1) is 0 Å². The van der Waals surface area contributed by atoms with E-state index in [1.807, 2.05) is 0 Å². The first-order chi connectivity index (χ1) is 7.81. The molecule has 1 aromatic rings. The van der Waals surface area contributed by atoms with Crippen molar-refractivity contribution in [2.75, 3.05) is 20.1 Å². The molecule has 0 spiro atoms. The first-order valence-corrected chi connectivity index (χ1v) is 6.55.